The Morgan fingerprint density at radius 2 is 1.83 bits per heavy atom. The van der Waals surface area contributed by atoms with Crippen LogP contribution in [0.2, 0.25) is 0 Å². The quantitative estimate of drug-likeness (QED) is 0.151. The van der Waals surface area contributed by atoms with Gasteiger partial charge in [-0.25, -0.2) is 19.2 Å². The molecule has 0 aliphatic carbocycles. The summed E-state index contributed by atoms with van der Waals surface area (Å²) in [5.41, 5.74) is 4.18. The normalized spacial score (nSPS) is 11.1. The van der Waals surface area contributed by atoms with E-state index in [4.69, 9.17) is 24.5 Å². The van der Waals surface area contributed by atoms with Crippen LogP contribution in [0.15, 0.2) is 72.8 Å². The first-order valence-electron chi connectivity index (χ1n) is 14.8. The largest absolute Gasteiger partial charge is 0.473 e. The minimum Gasteiger partial charge on any atom is -0.473 e. The Morgan fingerprint density at radius 1 is 1.02 bits per heavy atom. The molecule has 0 atom stereocenters. The molecule has 0 unspecified atom stereocenters. The summed E-state index contributed by atoms with van der Waals surface area (Å²) < 4.78 is 32.5. The van der Waals surface area contributed by atoms with Crippen LogP contribution in [-0.2, 0) is 29.0 Å². The predicted octanol–water partition coefficient (Wildman–Crippen LogP) is 5.83. The number of ether oxygens (including phenoxy) is 3. The topological polar surface area (TPSA) is 119 Å². The molecule has 0 fully saturated rings. The first kappa shape index (κ1) is 32.8. The summed E-state index contributed by atoms with van der Waals surface area (Å²) in [7, 11) is 2.97. The van der Waals surface area contributed by atoms with Gasteiger partial charge in [-0.05, 0) is 61.9 Å². The lowest BCUT2D eigenvalue weighted by Gasteiger charge is -2.13. The number of carbonyl (C=O) groups excluding carboxylic acids is 1. The van der Waals surface area contributed by atoms with Gasteiger partial charge >= 0.3 is 5.97 Å². The van der Waals surface area contributed by atoms with Crippen LogP contribution in [0.4, 0.5) is 4.39 Å². The smallest absolute Gasteiger partial charge is 0.337 e. The van der Waals surface area contributed by atoms with E-state index in [1.807, 2.05) is 34.9 Å². The van der Waals surface area contributed by atoms with Crippen molar-refractivity contribution in [3.63, 3.8) is 0 Å². The van der Waals surface area contributed by atoms with Gasteiger partial charge < -0.3 is 23.9 Å². The Kier molecular flexibility index (Phi) is 9.96. The summed E-state index contributed by atoms with van der Waals surface area (Å²) in [6.45, 7) is 4.13. The zero-order valence-corrected chi connectivity index (χ0v) is 26.5. The summed E-state index contributed by atoms with van der Waals surface area (Å²) in [5, 5.41) is 19.4. The molecular formula is C37H33FN4O5. The molecule has 5 aromatic rings. The number of hydrogen-bond acceptors (Lipinski definition) is 8. The Labute approximate surface area is 272 Å². The predicted molar refractivity (Wildman–Crippen MR) is 174 cm³/mol. The van der Waals surface area contributed by atoms with Crippen LogP contribution in [-0.4, -0.2) is 52.0 Å². The first-order chi connectivity index (χ1) is 22.6. The highest BCUT2D eigenvalue weighted by Crippen LogP contribution is 2.27. The van der Waals surface area contributed by atoms with Crippen LogP contribution in [0.5, 0.6) is 5.88 Å². The van der Waals surface area contributed by atoms with Gasteiger partial charge in [-0.2, -0.15) is 5.26 Å². The number of rotatable bonds is 10. The maximum absolute atomic E-state index is 14.4. The number of aromatic nitrogens is 3. The summed E-state index contributed by atoms with van der Waals surface area (Å²) in [5.74, 6) is 6.16. The standard InChI is InChI=1S/C37H33FN4O5/c1-37(2,44)15-14-26-19-27(31-6-5-7-35(41-31)47-23-29-9-8-24(22-39)18-30(29)38)11-10-25(26)21-34-40-32-13-12-28(36(43)46-4)20-33(32)42(34)16-17-45-3/h5-13,18-20,44H,16-17,21,23H2,1-4H3. The van der Waals surface area contributed by atoms with E-state index >= 15 is 0 Å². The van der Waals surface area contributed by atoms with Crippen LogP contribution in [0.25, 0.3) is 22.3 Å². The van der Waals surface area contributed by atoms with E-state index in [-0.39, 0.29) is 12.2 Å². The first-order valence-corrected chi connectivity index (χ1v) is 14.8. The highest BCUT2D eigenvalue weighted by Gasteiger charge is 2.17. The average Bonchev–Trinajstić information content (AvgIpc) is 3.41. The van der Waals surface area contributed by atoms with Gasteiger partial charge in [0.2, 0.25) is 5.88 Å². The van der Waals surface area contributed by atoms with Crippen molar-refractivity contribution in [2.24, 2.45) is 0 Å². The monoisotopic (exact) mass is 632 g/mol. The van der Waals surface area contributed by atoms with Crippen molar-refractivity contribution >= 4 is 17.0 Å². The number of methoxy groups -OCH3 is 2. The van der Waals surface area contributed by atoms with Crippen molar-refractivity contribution in [1.29, 1.82) is 5.26 Å². The van der Waals surface area contributed by atoms with Crippen molar-refractivity contribution < 1.29 is 28.5 Å². The van der Waals surface area contributed by atoms with Crippen molar-refractivity contribution in [3.05, 3.63) is 112 Å². The second-order valence-electron chi connectivity index (χ2n) is 11.3. The summed E-state index contributed by atoms with van der Waals surface area (Å²) >= 11 is 0. The number of esters is 1. The van der Waals surface area contributed by atoms with E-state index in [9.17, 15) is 14.3 Å². The fraction of sp³-hybridized carbons (Fsp3) is 0.243. The number of carbonyl (C=O) groups is 1. The number of pyridine rings is 1. The number of fused-ring (bicyclic) bond motifs is 1. The fourth-order valence-electron chi connectivity index (χ4n) is 4.92. The van der Waals surface area contributed by atoms with E-state index in [0.717, 1.165) is 28.0 Å². The Bertz CT molecular complexity index is 2050. The third kappa shape index (κ3) is 8.00. The summed E-state index contributed by atoms with van der Waals surface area (Å²) in [6.07, 6.45) is 0.412. The molecule has 0 amide bonds. The van der Waals surface area contributed by atoms with E-state index in [2.05, 4.69) is 16.8 Å². The van der Waals surface area contributed by atoms with Gasteiger partial charge in [-0.3, -0.25) is 0 Å². The van der Waals surface area contributed by atoms with Crippen LogP contribution < -0.4 is 4.74 Å². The third-order valence-electron chi connectivity index (χ3n) is 7.31. The van der Waals surface area contributed by atoms with Gasteiger partial charge in [-0.1, -0.05) is 36.1 Å². The second kappa shape index (κ2) is 14.3. The average molecular weight is 633 g/mol. The minimum absolute atomic E-state index is 0.0551. The number of hydrogen-bond donors (Lipinski definition) is 1. The second-order valence-corrected chi connectivity index (χ2v) is 11.3. The molecule has 1 N–H and O–H groups in total. The van der Waals surface area contributed by atoms with E-state index in [1.54, 1.807) is 51.3 Å². The van der Waals surface area contributed by atoms with Gasteiger partial charge in [0.05, 0.1) is 47.6 Å². The van der Waals surface area contributed by atoms with Gasteiger partial charge in [0.1, 0.15) is 23.8 Å². The number of benzene rings is 3. The van der Waals surface area contributed by atoms with E-state index in [1.165, 1.54) is 25.3 Å². The highest BCUT2D eigenvalue weighted by atomic mass is 19.1. The molecule has 10 heteroatoms. The van der Waals surface area contributed by atoms with Crippen LogP contribution in [0.1, 0.15) is 52.3 Å². The van der Waals surface area contributed by atoms with Crippen molar-refractivity contribution in [1.82, 2.24) is 14.5 Å². The molecule has 2 heterocycles. The molecule has 0 radical (unpaired) electrons. The maximum Gasteiger partial charge on any atom is 0.337 e. The Hall–Kier alpha value is -5.55. The molecule has 0 bridgehead atoms. The number of halogens is 1. The summed E-state index contributed by atoms with van der Waals surface area (Å²) in [6, 6.07) is 22.5. The molecule has 0 saturated heterocycles. The number of nitrogens with zero attached hydrogens (tertiary/aromatic N) is 4. The Morgan fingerprint density at radius 3 is 2.55 bits per heavy atom. The van der Waals surface area contributed by atoms with Gasteiger partial charge in [-0.15, -0.1) is 0 Å². The molecule has 47 heavy (non-hydrogen) atoms. The Balaban J connectivity index is 1.48. The highest BCUT2D eigenvalue weighted by molar-refractivity contribution is 5.93. The van der Waals surface area contributed by atoms with Gasteiger partial charge in [0, 0.05) is 42.8 Å². The molecule has 0 spiro atoms. The van der Waals surface area contributed by atoms with Crippen molar-refractivity contribution in [2.75, 3.05) is 20.8 Å². The van der Waals surface area contributed by atoms with Gasteiger partial charge in [0.25, 0.3) is 0 Å². The summed E-state index contributed by atoms with van der Waals surface area (Å²) in [4.78, 5) is 21.7. The SMILES string of the molecule is COCCn1c(Cc2ccc(-c3cccc(OCc4ccc(C#N)cc4F)n3)cc2C#CC(C)(C)O)nc2ccc(C(=O)OC)cc21. The third-order valence-corrected chi connectivity index (χ3v) is 7.31. The minimum atomic E-state index is -1.23. The zero-order chi connectivity index (χ0) is 33.6. The molecular weight excluding hydrogens is 599 g/mol. The van der Waals surface area contributed by atoms with Crippen molar-refractivity contribution in [3.8, 4) is 35.0 Å². The van der Waals surface area contributed by atoms with Crippen LogP contribution in [0.3, 0.4) is 0 Å². The number of imidazole rings is 1. The van der Waals surface area contributed by atoms with Crippen LogP contribution in [0, 0.1) is 29.0 Å². The molecule has 0 saturated carbocycles. The van der Waals surface area contributed by atoms with Crippen molar-refractivity contribution in [2.45, 2.75) is 39.0 Å². The molecule has 0 aliphatic heterocycles. The number of aliphatic hydroxyl groups is 1. The maximum atomic E-state index is 14.4. The molecule has 5 rings (SSSR count). The van der Waals surface area contributed by atoms with Crippen LogP contribution >= 0.6 is 0 Å². The van der Waals surface area contributed by atoms with E-state index < -0.39 is 17.4 Å². The molecule has 3 aromatic carbocycles. The number of nitriles is 1. The zero-order valence-electron chi connectivity index (χ0n) is 26.5. The molecule has 238 valence electrons. The lowest BCUT2D eigenvalue weighted by Crippen LogP contribution is -2.14. The lowest BCUT2D eigenvalue weighted by molar-refractivity contribution is 0.0601. The molecule has 2 aromatic heterocycles. The molecule has 0 aliphatic rings. The van der Waals surface area contributed by atoms with E-state index in [0.29, 0.717) is 47.8 Å². The lowest BCUT2D eigenvalue weighted by atomic mass is 9.98. The fourth-order valence-corrected chi connectivity index (χ4v) is 4.92. The molecule has 9 nitrogen and oxygen atoms in total. The van der Waals surface area contributed by atoms with Gasteiger partial charge in [0.15, 0.2) is 0 Å².